The molecule has 3 amide bonds. The van der Waals surface area contributed by atoms with Gasteiger partial charge in [-0.3, -0.25) is 14.4 Å². The van der Waals surface area contributed by atoms with Gasteiger partial charge in [-0.05, 0) is 125 Å². The number of aryl methyl sites for hydroxylation is 3. The van der Waals surface area contributed by atoms with Crippen LogP contribution < -0.4 is 16.4 Å². The molecule has 308 valence electrons. The summed E-state index contributed by atoms with van der Waals surface area (Å²) < 4.78 is 3.03. The zero-order valence-electron chi connectivity index (χ0n) is 34.2. The van der Waals surface area contributed by atoms with Crippen LogP contribution in [0.15, 0.2) is 93.4 Å². The molecule has 2 aliphatic heterocycles. The number of urea groups is 1. The zero-order valence-corrected chi connectivity index (χ0v) is 38.1. The van der Waals surface area contributed by atoms with Gasteiger partial charge in [0.1, 0.15) is 16.9 Å². The fraction of sp³-hybridized carbons (Fsp3) is 0.244. The molecule has 0 bridgehead atoms. The van der Waals surface area contributed by atoms with Gasteiger partial charge in [0.05, 0.1) is 23.9 Å². The van der Waals surface area contributed by atoms with Crippen LogP contribution >= 0.6 is 50.5 Å². The quantitative estimate of drug-likeness (QED) is 0.148. The lowest BCUT2D eigenvalue weighted by Crippen LogP contribution is -2.41. The van der Waals surface area contributed by atoms with Crippen LogP contribution in [-0.2, 0) is 11.2 Å². The Bertz CT molecular complexity index is 2670. The summed E-state index contributed by atoms with van der Waals surface area (Å²) in [4.78, 5) is 31.7. The normalized spacial score (nSPS) is 15.5. The third kappa shape index (κ3) is 8.62. The molecule has 0 fully saturated rings. The van der Waals surface area contributed by atoms with Gasteiger partial charge in [-0.2, -0.15) is 5.10 Å². The van der Waals surface area contributed by atoms with Crippen LogP contribution in [0, 0.1) is 34.6 Å². The summed E-state index contributed by atoms with van der Waals surface area (Å²) in [6.45, 7) is 12.2. The largest absolute Gasteiger partial charge is 0.399 e. The smallest absolute Gasteiger partial charge is 0.337 e. The van der Waals surface area contributed by atoms with Gasteiger partial charge in [0.15, 0.2) is 5.82 Å². The zero-order chi connectivity index (χ0) is 43.0. The molecule has 8 rings (SSSR count). The molecule has 0 saturated heterocycles. The molecule has 2 aliphatic rings. The van der Waals surface area contributed by atoms with Crippen molar-refractivity contribution in [3.63, 3.8) is 0 Å². The highest BCUT2D eigenvalue weighted by atomic mass is 79.9. The number of aliphatic imine (C=N–C) groups is 1. The standard InChI is InChI=1S/C25H23ClN6OS.C20H21BrClN3O/c1-13-14(2)34-25-22(13)23(16-4-6-17(26)7-5-16)29-20(24-31-30-15(3)32(24)25)12-21(33)28-19-10-8-18(27)9-11-19;1-11-9-17-16(18(22)13(11)3)10-12(2)25(20(26)23-4)24-19(17)14-5-7-15(21)8-6-14/h4-11,20H,12,27H2,1-3H3,(H,28,33);5-9,12H,10H2,1-4H3,(H,23,26). The van der Waals surface area contributed by atoms with Crippen LogP contribution in [0.1, 0.15) is 80.4 Å². The number of carbonyl (C=O) groups is 2. The van der Waals surface area contributed by atoms with E-state index < -0.39 is 6.04 Å². The number of hydrogen-bond acceptors (Lipinski definition) is 8. The molecule has 60 heavy (non-hydrogen) atoms. The maximum atomic E-state index is 13.0. The number of nitrogens with two attached hydrogens (primary N) is 1. The second kappa shape index (κ2) is 17.7. The Kier molecular flexibility index (Phi) is 12.6. The molecule has 2 atom stereocenters. The third-order valence-corrected chi connectivity index (χ3v) is 13.2. The lowest BCUT2D eigenvalue weighted by molar-refractivity contribution is -0.116. The lowest BCUT2D eigenvalue weighted by atomic mass is 9.91. The van der Waals surface area contributed by atoms with Crippen molar-refractivity contribution in [3.05, 3.63) is 154 Å². The van der Waals surface area contributed by atoms with Gasteiger partial charge in [0, 0.05) is 60.1 Å². The van der Waals surface area contributed by atoms with Crippen LogP contribution in [-0.4, -0.2) is 56.2 Å². The first-order chi connectivity index (χ1) is 28.6. The fourth-order valence-corrected chi connectivity index (χ4v) is 9.18. The van der Waals surface area contributed by atoms with E-state index in [0.717, 1.165) is 76.3 Å². The number of anilines is 2. The number of benzene rings is 4. The number of halogens is 3. The van der Waals surface area contributed by atoms with Crippen LogP contribution in [0.2, 0.25) is 10.0 Å². The SMILES string of the molecule is CNC(=O)N1N=C(c2ccc(Br)cc2)c2cc(C)c(C)c(Cl)c2CC1C.Cc1sc2c(c1C)C(c1ccc(Cl)cc1)=NC(CC(=O)Nc1ccc(N)cc1)c1nnc(C)n1-2. The number of fused-ring (bicyclic) bond motifs is 4. The first-order valence-corrected chi connectivity index (χ1v) is 21.7. The molecule has 4 aromatic carbocycles. The highest BCUT2D eigenvalue weighted by molar-refractivity contribution is 9.10. The second-order valence-corrected chi connectivity index (χ2v) is 17.8. The molecule has 0 saturated carbocycles. The van der Waals surface area contributed by atoms with Crippen molar-refractivity contribution in [2.45, 2.75) is 66.5 Å². The summed E-state index contributed by atoms with van der Waals surface area (Å²) in [5, 5.41) is 23.1. The molecule has 4 heterocycles. The predicted molar refractivity (Wildman–Crippen MR) is 248 cm³/mol. The maximum absolute atomic E-state index is 13.0. The molecule has 6 aromatic rings. The van der Waals surface area contributed by atoms with E-state index in [1.54, 1.807) is 42.6 Å². The van der Waals surface area contributed by atoms with E-state index >= 15 is 0 Å². The van der Waals surface area contributed by atoms with E-state index in [0.29, 0.717) is 28.6 Å². The number of hydrogen-bond donors (Lipinski definition) is 3. The fourth-order valence-electron chi connectivity index (χ4n) is 7.25. The Balaban J connectivity index is 0.000000189. The van der Waals surface area contributed by atoms with E-state index in [2.05, 4.69) is 56.7 Å². The Morgan fingerprint density at radius 2 is 1.55 bits per heavy atom. The monoisotopic (exact) mass is 923 g/mol. The number of carbonyl (C=O) groups excluding carboxylic acids is 2. The number of aromatic nitrogens is 3. The Morgan fingerprint density at radius 3 is 2.22 bits per heavy atom. The van der Waals surface area contributed by atoms with Crippen molar-refractivity contribution < 1.29 is 9.59 Å². The molecular formula is C45H44BrCl2N9O2S. The molecule has 2 unspecified atom stereocenters. The maximum Gasteiger partial charge on any atom is 0.337 e. The first kappa shape index (κ1) is 42.8. The van der Waals surface area contributed by atoms with Crippen LogP contribution in [0.5, 0.6) is 0 Å². The average molecular weight is 926 g/mol. The molecule has 15 heteroatoms. The van der Waals surface area contributed by atoms with E-state index in [-0.39, 0.29) is 24.4 Å². The summed E-state index contributed by atoms with van der Waals surface area (Å²) in [7, 11) is 1.61. The number of nitrogens with one attached hydrogen (secondary N) is 2. The van der Waals surface area contributed by atoms with Crippen molar-refractivity contribution in [3.8, 4) is 5.00 Å². The number of amides is 3. The number of nitrogen functional groups attached to an aromatic ring is 1. The summed E-state index contributed by atoms with van der Waals surface area (Å²) in [5.41, 5.74) is 16.9. The van der Waals surface area contributed by atoms with Gasteiger partial charge in [-0.15, -0.1) is 21.5 Å². The third-order valence-electron chi connectivity index (χ3n) is 10.7. The van der Waals surface area contributed by atoms with Crippen LogP contribution in [0.3, 0.4) is 0 Å². The average Bonchev–Trinajstić information content (AvgIpc) is 3.65. The van der Waals surface area contributed by atoms with E-state index in [9.17, 15) is 9.59 Å². The molecular weight excluding hydrogens is 881 g/mol. The van der Waals surface area contributed by atoms with Crippen molar-refractivity contribution in [1.29, 1.82) is 0 Å². The summed E-state index contributed by atoms with van der Waals surface area (Å²) in [5.74, 6) is 1.24. The van der Waals surface area contributed by atoms with E-state index in [1.165, 1.54) is 9.89 Å². The molecule has 11 nitrogen and oxygen atoms in total. The Labute approximate surface area is 371 Å². The highest BCUT2D eigenvalue weighted by Crippen LogP contribution is 2.40. The highest BCUT2D eigenvalue weighted by Gasteiger charge is 2.33. The van der Waals surface area contributed by atoms with Gasteiger partial charge in [-0.25, -0.2) is 9.80 Å². The Hall–Kier alpha value is -5.34. The van der Waals surface area contributed by atoms with Crippen LogP contribution in [0.4, 0.5) is 16.2 Å². The molecule has 2 aromatic heterocycles. The second-order valence-electron chi connectivity index (χ2n) is 14.8. The van der Waals surface area contributed by atoms with E-state index in [1.807, 2.05) is 80.8 Å². The van der Waals surface area contributed by atoms with Gasteiger partial charge in [0.2, 0.25) is 5.91 Å². The van der Waals surface area contributed by atoms with Gasteiger partial charge >= 0.3 is 6.03 Å². The van der Waals surface area contributed by atoms with Crippen molar-refractivity contribution in [2.24, 2.45) is 10.1 Å². The molecule has 0 radical (unpaired) electrons. The first-order valence-electron chi connectivity index (χ1n) is 19.3. The number of rotatable bonds is 5. The molecule has 0 aliphatic carbocycles. The number of nitrogens with zero attached hydrogens (tertiary/aromatic N) is 6. The summed E-state index contributed by atoms with van der Waals surface area (Å²) in [6.07, 6.45) is 0.763. The lowest BCUT2D eigenvalue weighted by Gasteiger charge is -2.22. The topological polar surface area (TPSA) is 143 Å². The number of hydrazone groups is 1. The van der Waals surface area contributed by atoms with Gasteiger partial charge in [-0.1, -0.05) is 63.4 Å². The summed E-state index contributed by atoms with van der Waals surface area (Å²) >= 11 is 18.0. The Morgan fingerprint density at radius 1 is 0.900 bits per heavy atom. The molecule has 0 spiro atoms. The minimum atomic E-state index is -0.514. The van der Waals surface area contributed by atoms with Gasteiger partial charge in [0.25, 0.3) is 0 Å². The minimum Gasteiger partial charge on any atom is -0.399 e. The van der Waals surface area contributed by atoms with Crippen molar-refractivity contribution in [2.75, 3.05) is 18.1 Å². The van der Waals surface area contributed by atoms with E-state index in [4.69, 9.17) is 39.0 Å². The van der Waals surface area contributed by atoms with Crippen LogP contribution in [0.25, 0.3) is 5.00 Å². The number of thiophene rings is 1. The van der Waals surface area contributed by atoms with Crippen molar-refractivity contribution in [1.82, 2.24) is 25.1 Å². The predicted octanol–water partition coefficient (Wildman–Crippen LogP) is 10.5. The van der Waals surface area contributed by atoms with Crippen molar-refractivity contribution >= 4 is 85.2 Å². The minimum absolute atomic E-state index is 0.110. The molecule has 4 N–H and O–H groups in total. The van der Waals surface area contributed by atoms with Gasteiger partial charge < -0.3 is 16.4 Å². The summed E-state index contributed by atoms with van der Waals surface area (Å²) in [6, 6.07) is 23.9.